The van der Waals surface area contributed by atoms with Crippen LogP contribution in [-0.4, -0.2) is 53.5 Å². The van der Waals surface area contributed by atoms with Gasteiger partial charge in [-0.25, -0.2) is 4.79 Å². The maximum absolute atomic E-state index is 11.7. The number of aromatic nitrogens is 2. The van der Waals surface area contributed by atoms with Gasteiger partial charge in [-0.05, 0) is 0 Å². The molecule has 0 unspecified atom stereocenters. The number of rotatable bonds is 3. The highest BCUT2D eigenvalue weighted by atomic mass is 16.2. The molecule has 1 aromatic rings. The third kappa shape index (κ3) is 3.02. The molecule has 2 heterocycles. The third-order valence-corrected chi connectivity index (χ3v) is 3.15. The standard InChI is InChI=1S/C11H18N6O2/c12-2-1-9(18)17-5-3-16(4-6-17)8-7-14-11(19)15-10(8)13/h7H,1-6,12H2,(H3,13,14,15,19). The zero-order valence-corrected chi connectivity index (χ0v) is 10.6. The molecule has 0 aliphatic carbocycles. The Labute approximate surface area is 110 Å². The van der Waals surface area contributed by atoms with Gasteiger partial charge < -0.3 is 21.3 Å². The van der Waals surface area contributed by atoms with E-state index in [-0.39, 0.29) is 5.91 Å². The van der Waals surface area contributed by atoms with Gasteiger partial charge in [0.05, 0.1) is 11.9 Å². The fourth-order valence-corrected chi connectivity index (χ4v) is 2.13. The number of hydrogen-bond donors (Lipinski definition) is 3. The molecule has 0 saturated carbocycles. The highest BCUT2D eigenvalue weighted by Crippen LogP contribution is 2.19. The van der Waals surface area contributed by atoms with Crippen molar-refractivity contribution in [1.82, 2.24) is 14.9 Å². The molecule has 5 N–H and O–H groups in total. The van der Waals surface area contributed by atoms with E-state index < -0.39 is 5.69 Å². The van der Waals surface area contributed by atoms with E-state index in [1.165, 1.54) is 6.20 Å². The number of hydrogen-bond acceptors (Lipinski definition) is 6. The summed E-state index contributed by atoms with van der Waals surface area (Å²) >= 11 is 0. The number of nitrogens with one attached hydrogen (secondary N) is 1. The number of carbonyl (C=O) groups is 1. The van der Waals surface area contributed by atoms with Crippen LogP contribution in [0.5, 0.6) is 0 Å². The summed E-state index contributed by atoms with van der Waals surface area (Å²) in [5, 5.41) is 0. The van der Waals surface area contributed by atoms with Crippen LogP contribution < -0.4 is 22.1 Å². The summed E-state index contributed by atoms with van der Waals surface area (Å²) in [7, 11) is 0. The van der Waals surface area contributed by atoms with Gasteiger partial charge in [0.2, 0.25) is 5.91 Å². The van der Waals surface area contributed by atoms with E-state index in [9.17, 15) is 9.59 Å². The Morgan fingerprint density at radius 2 is 2.05 bits per heavy atom. The molecule has 19 heavy (non-hydrogen) atoms. The minimum atomic E-state index is -0.460. The summed E-state index contributed by atoms with van der Waals surface area (Å²) in [6.07, 6.45) is 1.84. The van der Waals surface area contributed by atoms with Gasteiger partial charge in [-0.2, -0.15) is 4.98 Å². The zero-order chi connectivity index (χ0) is 13.8. The molecule has 1 amide bonds. The molecule has 8 heteroatoms. The van der Waals surface area contributed by atoms with E-state index in [0.717, 1.165) is 0 Å². The molecule has 0 bridgehead atoms. The average molecular weight is 266 g/mol. The van der Waals surface area contributed by atoms with Crippen molar-refractivity contribution in [2.24, 2.45) is 5.73 Å². The molecule has 2 rings (SSSR count). The van der Waals surface area contributed by atoms with Crippen LogP contribution in [0, 0.1) is 0 Å². The number of nitrogens with zero attached hydrogens (tertiary/aromatic N) is 3. The van der Waals surface area contributed by atoms with Gasteiger partial charge in [0.25, 0.3) is 0 Å². The molecule has 1 aliphatic rings. The zero-order valence-electron chi connectivity index (χ0n) is 10.6. The Balaban J connectivity index is 2.00. The SMILES string of the molecule is NCCC(=O)N1CCN(c2cnc(=O)[nH]c2N)CC1. The molecule has 0 atom stereocenters. The number of H-pyrrole nitrogens is 1. The molecular weight excluding hydrogens is 248 g/mol. The molecule has 1 aromatic heterocycles. The Kier molecular flexibility index (Phi) is 4.00. The summed E-state index contributed by atoms with van der Waals surface area (Å²) in [6, 6.07) is 0. The third-order valence-electron chi connectivity index (χ3n) is 3.15. The van der Waals surface area contributed by atoms with Crippen LogP contribution in [0.4, 0.5) is 11.5 Å². The average Bonchev–Trinajstić information content (AvgIpc) is 2.39. The fourth-order valence-electron chi connectivity index (χ4n) is 2.13. The van der Waals surface area contributed by atoms with E-state index in [4.69, 9.17) is 11.5 Å². The predicted octanol–water partition coefficient (Wildman–Crippen LogP) is -1.65. The van der Waals surface area contributed by atoms with Crippen molar-refractivity contribution >= 4 is 17.4 Å². The minimum absolute atomic E-state index is 0.0784. The number of anilines is 2. The monoisotopic (exact) mass is 266 g/mol. The number of nitrogens with two attached hydrogens (primary N) is 2. The molecule has 1 aliphatic heterocycles. The van der Waals surface area contributed by atoms with Crippen molar-refractivity contribution in [3.05, 3.63) is 16.7 Å². The number of nitrogen functional groups attached to an aromatic ring is 1. The lowest BCUT2D eigenvalue weighted by Crippen LogP contribution is -2.49. The number of piperazine rings is 1. The smallest absolute Gasteiger partial charge is 0.346 e. The first-order valence-corrected chi connectivity index (χ1v) is 6.19. The Hall–Kier alpha value is -2.09. The second kappa shape index (κ2) is 5.70. The fraction of sp³-hybridized carbons (Fsp3) is 0.545. The summed E-state index contributed by atoms with van der Waals surface area (Å²) in [4.78, 5) is 32.6. The molecule has 0 aromatic carbocycles. The van der Waals surface area contributed by atoms with Crippen molar-refractivity contribution in [3.63, 3.8) is 0 Å². The molecule has 0 radical (unpaired) electrons. The summed E-state index contributed by atoms with van der Waals surface area (Å²) in [6.45, 7) is 2.94. The van der Waals surface area contributed by atoms with E-state index in [0.29, 0.717) is 50.6 Å². The molecule has 1 saturated heterocycles. The first-order valence-electron chi connectivity index (χ1n) is 6.19. The molecule has 104 valence electrons. The van der Waals surface area contributed by atoms with Crippen LogP contribution in [-0.2, 0) is 4.79 Å². The number of carbonyl (C=O) groups excluding carboxylic acids is 1. The van der Waals surface area contributed by atoms with Crippen molar-refractivity contribution in [2.45, 2.75) is 6.42 Å². The van der Waals surface area contributed by atoms with Gasteiger partial charge in [-0.15, -0.1) is 0 Å². The van der Waals surface area contributed by atoms with Crippen molar-refractivity contribution in [2.75, 3.05) is 43.4 Å². The van der Waals surface area contributed by atoms with Crippen molar-refractivity contribution in [3.8, 4) is 0 Å². The normalized spacial score (nSPS) is 15.6. The van der Waals surface area contributed by atoms with Gasteiger partial charge >= 0.3 is 5.69 Å². The Morgan fingerprint density at radius 3 is 2.63 bits per heavy atom. The molecule has 1 fully saturated rings. The maximum atomic E-state index is 11.7. The van der Waals surface area contributed by atoms with Gasteiger partial charge in [0.15, 0.2) is 0 Å². The van der Waals surface area contributed by atoms with Gasteiger partial charge in [0, 0.05) is 39.1 Å². The van der Waals surface area contributed by atoms with Gasteiger partial charge in [-0.3, -0.25) is 9.78 Å². The van der Waals surface area contributed by atoms with Crippen LogP contribution in [0.15, 0.2) is 11.0 Å². The lowest BCUT2D eigenvalue weighted by molar-refractivity contribution is -0.131. The van der Waals surface area contributed by atoms with Crippen LogP contribution in [0.1, 0.15) is 6.42 Å². The largest absolute Gasteiger partial charge is 0.383 e. The van der Waals surface area contributed by atoms with Crippen molar-refractivity contribution < 1.29 is 4.79 Å². The summed E-state index contributed by atoms with van der Waals surface area (Å²) < 4.78 is 0. The Bertz CT molecular complexity index is 506. The van der Waals surface area contributed by atoms with E-state index in [2.05, 4.69) is 9.97 Å². The molecule has 8 nitrogen and oxygen atoms in total. The highest BCUT2D eigenvalue weighted by Gasteiger charge is 2.22. The second-order valence-corrected chi connectivity index (χ2v) is 4.39. The summed E-state index contributed by atoms with van der Waals surface area (Å²) in [5.74, 6) is 0.386. The van der Waals surface area contributed by atoms with E-state index in [1.807, 2.05) is 4.90 Å². The van der Waals surface area contributed by atoms with Gasteiger partial charge in [-0.1, -0.05) is 0 Å². The second-order valence-electron chi connectivity index (χ2n) is 4.39. The van der Waals surface area contributed by atoms with Crippen LogP contribution in [0.3, 0.4) is 0 Å². The van der Waals surface area contributed by atoms with Crippen molar-refractivity contribution in [1.29, 1.82) is 0 Å². The molecule has 0 spiro atoms. The van der Waals surface area contributed by atoms with Crippen LogP contribution in [0.25, 0.3) is 0 Å². The summed E-state index contributed by atoms with van der Waals surface area (Å²) in [5.41, 5.74) is 11.4. The lowest BCUT2D eigenvalue weighted by Gasteiger charge is -2.36. The number of amides is 1. The predicted molar refractivity (Wildman–Crippen MR) is 71.7 cm³/mol. The Morgan fingerprint density at radius 1 is 1.37 bits per heavy atom. The van der Waals surface area contributed by atoms with E-state index in [1.54, 1.807) is 4.90 Å². The molecular formula is C11H18N6O2. The highest BCUT2D eigenvalue weighted by molar-refractivity contribution is 5.76. The van der Waals surface area contributed by atoms with Crippen LogP contribution in [0.2, 0.25) is 0 Å². The van der Waals surface area contributed by atoms with Gasteiger partial charge in [0.1, 0.15) is 5.82 Å². The minimum Gasteiger partial charge on any atom is -0.383 e. The topological polar surface area (TPSA) is 121 Å². The van der Waals surface area contributed by atoms with Crippen LogP contribution >= 0.6 is 0 Å². The van der Waals surface area contributed by atoms with E-state index >= 15 is 0 Å². The quantitative estimate of drug-likeness (QED) is 0.602. The lowest BCUT2D eigenvalue weighted by atomic mass is 10.2. The first-order chi connectivity index (χ1) is 9.11. The maximum Gasteiger partial charge on any atom is 0.346 e. The first kappa shape index (κ1) is 13.3. The number of aromatic amines is 1.